The predicted molar refractivity (Wildman–Crippen MR) is 125 cm³/mol. The van der Waals surface area contributed by atoms with Gasteiger partial charge in [0.2, 0.25) is 11.8 Å². The number of nitrogens with zero attached hydrogens (tertiary/aromatic N) is 2. The molecule has 2 amide bonds. The molecule has 2 aliphatic rings. The molecule has 0 radical (unpaired) electrons. The summed E-state index contributed by atoms with van der Waals surface area (Å²) in [4.78, 5) is 31.1. The monoisotopic (exact) mass is 474 g/mol. The molecule has 1 fully saturated rings. The van der Waals surface area contributed by atoms with Crippen LogP contribution >= 0.6 is 11.3 Å². The maximum Gasteiger partial charge on any atom is 0.242 e. The molecule has 6 nitrogen and oxygen atoms in total. The minimum Gasteiger partial charge on any atom is -0.491 e. The fraction of sp³-hybridized carbons (Fsp3) is 0.520. The normalized spacial score (nSPS) is 20.1. The summed E-state index contributed by atoms with van der Waals surface area (Å²) in [5, 5.41) is 2.04. The molecule has 0 bridgehead atoms. The Bertz CT molecular complexity index is 956. The molecule has 0 unspecified atom stereocenters. The number of hydrogen-bond acceptors (Lipinski definition) is 5. The van der Waals surface area contributed by atoms with E-state index < -0.39 is 0 Å². The summed E-state index contributed by atoms with van der Waals surface area (Å²) in [5.74, 6) is -0.0846. The van der Waals surface area contributed by atoms with Gasteiger partial charge in [-0.05, 0) is 60.5 Å². The molecule has 1 aromatic carbocycles. The highest BCUT2D eigenvalue weighted by molar-refractivity contribution is 7.10. The Morgan fingerprint density at radius 1 is 1.27 bits per heavy atom. The quantitative estimate of drug-likeness (QED) is 0.579. The maximum atomic E-state index is 13.5. The van der Waals surface area contributed by atoms with Gasteiger partial charge in [0.25, 0.3) is 0 Å². The molecule has 4 rings (SSSR count). The van der Waals surface area contributed by atoms with Gasteiger partial charge in [0, 0.05) is 30.5 Å². The molecule has 0 aliphatic carbocycles. The zero-order valence-electron chi connectivity index (χ0n) is 19.2. The first-order valence-corrected chi connectivity index (χ1v) is 12.4. The Morgan fingerprint density at radius 3 is 2.76 bits per heavy atom. The lowest BCUT2D eigenvalue weighted by Crippen LogP contribution is -2.50. The zero-order chi connectivity index (χ0) is 23.4. The number of thiophene rings is 1. The van der Waals surface area contributed by atoms with E-state index in [-0.39, 0.29) is 48.8 Å². The van der Waals surface area contributed by atoms with Crippen molar-refractivity contribution in [3.05, 3.63) is 52.0 Å². The van der Waals surface area contributed by atoms with Gasteiger partial charge in [0.1, 0.15) is 18.2 Å². The lowest BCUT2D eigenvalue weighted by molar-refractivity contribution is -0.145. The van der Waals surface area contributed by atoms with Crippen molar-refractivity contribution in [1.82, 2.24) is 9.80 Å². The molecule has 2 atom stereocenters. The average molecular weight is 475 g/mol. The van der Waals surface area contributed by atoms with Crippen LogP contribution in [0.15, 0.2) is 35.7 Å². The van der Waals surface area contributed by atoms with E-state index in [9.17, 15) is 14.0 Å². The van der Waals surface area contributed by atoms with Crippen molar-refractivity contribution in [3.63, 3.8) is 0 Å². The number of hydrogen-bond donors (Lipinski definition) is 0. The van der Waals surface area contributed by atoms with Crippen LogP contribution in [0.2, 0.25) is 0 Å². The molecule has 178 valence electrons. The van der Waals surface area contributed by atoms with Crippen LogP contribution < -0.4 is 4.74 Å². The van der Waals surface area contributed by atoms with Gasteiger partial charge in [0.05, 0.1) is 18.7 Å². The third-order valence-electron chi connectivity index (χ3n) is 6.22. The van der Waals surface area contributed by atoms with E-state index in [0.29, 0.717) is 25.4 Å². The number of ether oxygens (including phenoxy) is 2. The highest BCUT2D eigenvalue weighted by Crippen LogP contribution is 2.34. The first-order valence-electron chi connectivity index (χ1n) is 11.6. The number of carbonyl (C=O) groups is 2. The second-order valence-electron chi connectivity index (χ2n) is 8.93. The molecule has 8 heteroatoms. The molecule has 3 heterocycles. The van der Waals surface area contributed by atoms with Crippen LogP contribution in [-0.2, 0) is 20.7 Å². The van der Waals surface area contributed by atoms with Crippen molar-refractivity contribution in [2.75, 3.05) is 32.8 Å². The Morgan fingerprint density at radius 2 is 2.06 bits per heavy atom. The van der Waals surface area contributed by atoms with Gasteiger partial charge in [-0.15, -0.1) is 11.3 Å². The first kappa shape index (κ1) is 23.7. The summed E-state index contributed by atoms with van der Waals surface area (Å²) in [7, 11) is 0. The number of amides is 2. The number of fused-ring (bicyclic) bond motifs is 1. The molecular formula is C25H31FN2O4S. The second kappa shape index (κ2) is 10.7. The van der Waals surface area contributed by atoms with E-state index >= 15 is 0 Å². The van der Waals surface area contributed by atoms with Crippen LogP contribution in [0.3, 0.4) is 0 Å². The Balaban J connectivity index is 1.49. The van der Waals surface area contributed by atoms with E-state index in [1.54, 1.807) is 28.4 Å². The lowest BCUT2D eigenvalue weighted by Gasteiger charge is -2.37. The van der Waals surface area contributed by atoms with Crippen LogP contribution in [0.1, 0.15) is 43.2 Å². The number of rotatable bonds is 8. The largest absolute Gasteiger partial charge is 0.491 e. The van der Waals surface area contributed by atoms with Crippen molar-refractivity contribution < 1.29 is 23.5 Å². The molecule has 0 spiro atoms. The fourth-order valence-electron chi connectivity index (χ4n) is 4.47. The molecule has 33 heavy (non-hydrogen) atoms. The van der Waals surface area contributed by atoms with Crippen molar-refractivity contribution in [2.45, 2.75) is 45.3 Å². The molecule has 0 saturated carbocycles. The summed E-state index contributed by atoms with van der Waals surface area (Å²) < 4.78 is 24.9. The predicted octanol–water partition coefficient (Wildman–Crippen LogP) is 4.06. The minimum atomic E-state index is -0.321. The minimum absolute atomic E-state index is 0.0112. The van der Waals surface area contributed by atoms with Gasteiger partial charge in [-0.3, -0.25) is 9.59 Å². The number of carbonyl (C=O) groups excluding carboxylic acids is 2. The van der Waals surface area contributed by atoms with Gasteiger partial charge in [-0.1, -0.05) is 13.8 Å². The third kappa shape index (κ3) is 5.73. The van der Waals surface area contributed by atoms with Crippen LogP contribution in [0.5, 0.6) is 5.75 Å². The third-order valence-corrected chi connectivity index (χ3v) is 7.21. The molecule has 1 aromatic heterocycles. The maximum absolute atomic E-state index is 13.5. The summed E-state index contributed by atoms with van der Waals surface area (Å²) >= 11 is 1.69. The van der Waals surface area contributed by atoms with Crippen molar-refractivity contribution in [2.24, 2.45) is 5.92 Å². The van der Waals surface area contributed by atoms with Crippen LogP contribution in [0.25, 0.3) is 0 Å². The SMILES string of the molecule is CC(C)C(=O)N(CC(=O)N1CCc2sccc2[C@@H]1COc1ccc(F)cc1)C[C@@H]1CCCO1. The van der Waals surface area contributed by atoms with Gasteiger partial charge >= 0.3 is 0 Å². The molecule has 2 aromatic rings. The van der Waals surface area contributed by atoms with Gasteiger partial charge in [-0.2, -0.15) is 0 Å². The van der Waals surface area contributed by atoms with E-state index in [4.69, 9.17) is 9.47 Å². The summed E-state index contributed by atoms with van der Waals surface area (Å²) in [6.45, 7) is 5.73. The average Bonchev–Trinajstić information content (AvgIpc) is 3.49. The van der Waals surface area contributed by atoms with Crippen LogP contribution in [0, 0.1) is 11.7 Å². The molecule has 1 saturated heterocycles. The highest BCUT2D eigenvalue weighted by atomic mass is 32.1. The van der Waals surface area contributed by atoms with Gasteiger partial charge in [0.15, 0.2) is 0 Å². The van der Waals surface area contributed by atoms with E-state index in [1.165, 1.54) is 17.0 Å². The zero-order valence-corrected chi connectivity index (χ0v) is 20.0. The van der Waals surface area contributed by atoms with Crippen molar-refractivity contribution in [1.29, 1.82) is 0 Å². The standard InChI is InChI=1S/C25H31FN2O4S/c1-17(2)25(30)27(14-20-4-3-12-31-20)15-24(29)28-11-9-23-21(10-13-33-23)22(28)16-32-19-7-5-18(26)6-8-19/h5-8,10,13,17,20,22H,3-4,9,11-12,14-16H2,1-2H3/t20-,22-/m0/s1. The Kier molecular flexibility index (Phi) is 7.65. The van der Waals surface area contributed by atoms with Crippen LogP contribution in [-0.4, -0.2) is 60.6 Å². The Hall–Kier alpha value is -2.45. The molecule has 0 N–H and O–H groups in total. The number of benzene rings is 1. The smallest absolute Gasteiger partial charge is 0.242 e. The highest BCUT2D eigenvalue weighted by Gasteiger charge is 2.34. The topological polar surface area (TPSA) is 59.1 Å². The van der Waals surface area contributed by atoms with E-state index in [0.717, 1.165) is 24.8 Å². The van der Waals surface area contributed by atoms with E-state index in [2.05, 4.69) is 0 Å². The fourth-order valence-corrected chi connectivity index (χ4v) is 5.39. The molecule has 2 aliphatic heterocycles. The summed E-state index contributed by atoms with van der Waals surface area (Å²) in [6.07, 6.45) is 2.67. The van der Waals surface area contributed by atoms with Crippen LogP contribution in [0.4, 0.5) is 4.39 Å². The first-order chi connectivity index (χ1) is 15.9. The van der Waals surface area contributed by atoms with Gasteiger partial charge in [-0.25, -0.2) is 4.39 Å². The summed E-state index contributed by atoms with van der Waals surface area (Å²) in [5.41, 5.74) is 1.09. The lowest BCUT2D eigenvalue weighted by atomic mass is 10.00. The van der Waals surface area contributed by atoms with Gasteiger partial charge < -0.3 is 19.3 Å². The van der Waals surface area contributed by atoms with Crippen molar-refractivity contribution in [3.8, 4) is 5.75 Å². The van der Waals surface area contributed by atoms with Crippen molar-refractivity contribution >= 4 is 23.2 Å². The summed E-state index contributed by atoms with van der Waals surface area (Å²) in [6, 6.07) is 7.68. The Labute approximate surface area is 198 Å². The molecular weight excluding hydrogens is 443 g/mol. The second-order valence-corrected chi connectivity index (χ2v) is 9.93. The van der Waals surface area contributed by atoms with E-state index in [1.807, 2.05) is 30.2 Å². The number of halogens is 1.